The van der Waals surface area contributed by atoms with Gasteiger partial charge in [-0.2, -0.15) is 5.10 Å². The maximum atomic E-state index is 12.3. The number of carbonyl (C=O) groups excluding carboxylic acids is 2. The third-order valence-electron chi connectivity index (χ3n) is 2.57. The smallest absolute Gasteiger partial charge is 0.404 e. The Balaban J connectivity index is 2.03. The highest BCUT2D eigenvalue weighted by molar-refractivity contribution is 5.95. The number of anilines is 1. The predicted octanol–water partition coefficient (Wildman–Crippen LogP) is 2.02. The highest BCUT2D eigenvalue weighted by Crippen LogP contribution is 2.29. The van der Waals surface area contributed by atoms with Gasteiger partial charge in [0, 0.05) is 0 Å². The molecule has 1 aliphatic rings. The van der Waals surface area contributed by atoms with Gasteiger partial charge in [-0.3, -0.25) is 0 Å². The van der Waals surface area contributed by atoms with Crippen molar-refractivity contribution < 1.29 is 27.5 Å². The van der Waals surface area contributed by atoms with Crippen LogP contribution >= 0.6 is 0 Å². The number of rotatable bonds is 3. The van der Waals surface area contributed by atoms with E-state index >= 15 is 0 Å². The minimum atomic E-state index is -4.89. The molecule has 0 atom stereocenters. The lowest BCUT2D eigenvalue weighted by molar-refractivity contribution is -0.274. The molecule has 0 saturated carbocycles. The Morgan fingerprint density at radius 3 is 2.78 bits per heavy atom. The van der Waals surface area contributed by atoms with Crippen molar-refractivity contribution in [2.45, 2.75) is 13.3 Å². The number of hydrogen-bond donors (Lipinski definition) is 3. The number of halogens is 3. The monoisotopic (exact) mass is 331 g/mol. The lowest BCUT2D eigenvalue weighted by Crippen LogP contribution is -2.55. The number of carbonyl (C=O) groups is 2. The Morgan fingerprint density at radius 1 is 1.39 bits per heavy atom. The molecule has 0 unspecified atom stereocenters. The Bertz CT molecular complexity index is 647. The Hall–Kier alpha value is -2.98. The lowest BCUT2D eigenvalue weighted by atomic mass is 10.3. The first kappa shape index (κ1) is 16.4. The molecule has 1 aliphatic heterocycles. The number of amides is 4. The summed E-state index contributed by atoms with van der Waals surface area (Å²) in [6, 6.07) is 3.43. The first-order chi connectivity index (χ1) is 10.7. The fraction of sp³-hybridized carbons (Fsp3) is 0.250. The van der Waals surface area contributed by atoms with Crippen molar-refractivity contribution >= 4 is 23.5 Å². The topological polar surface area (TPSA) is 95.1 Å². The molecule has 0 fully saturated rings. The van der Waals surface area contributed by atoms with Crippen LogP contribution in [0, 0.1) is 0 Å². The average molecular weight is 331 g/mol. The number of hydrazone groups is 1. The summed E-state index contributed by atoms with van der Waals surface area (Å²) < 4.78 is 40.7. The highest BCUT2D eigenvalue weighted by Gasteiger charge is 2.32. The Labute approximate surface area is 128 Å². The molecule has 1 heterocycles. The SMILES string of the molecule is CC1=NNC(=O)N(NC(=O)Nc2ccccc2OC(F)(F)F)C1. The summed E-state index contributed by atoms with van der Waals surface area (Å²) in [6.45, 7) is 1.67. The van der Waals surface area contributed by atoms with Crippen LogP contribution < -0.4 is 20.9 Å². The zero-order chi connectivity index (χ0) is 17.0. The molecule has 2 rings (SSSR count). The first-order valence-corrected chi connectivity index (χ1v) is 6.28. The highest BCUT2D eigenvalue weighted by atomic mass is 19.4. The molecule has 0 aliphatic carbocycles. The number of para-hydroxylation sites is 2. The number of alkyl halides is 3. The van der Waals surface area contributed by atoms with Crippen LogP contribution in [0.1, 0.15) is 6.92 Å². The van der Waals surface area contributed by atoms with E-state index in [0.717, 1.165) is 11.1 Å². The van der Waals surface area contributed by atoms with Crippen LogP contribution in [0.4, 0.5) is 28.4 Å². The molecule has 0 aromatic heterocycles. The molecule has 1 aromatic carbocycles. The second-order valence-corrected chi connectivity index (χ2v) is 4.46. The van der Waals surface area contributed by atoms with Gasteiger partial charge in [-0.15, -0.1) is 13.2 Å². The molecular weight excluding hydrogens is 319 g/mol. The van der Waals surface area contributed by atoms with Crippen molar-refractivity contribution in [2.24, 2.45) is 5.10 Å². The quantitative estimate of drug-likeness (QED) is 0.791. The summed E-state index contributed by atoms with van der Waals surface area (Å²) in [7, 11) is 0. The van der Waals surface area contributed by atoms with Crippen LogP contribution in [0.25, 0.3) is 0 Å². The summed E-state index contributed by atoms with van der Waals surface area (Å²) in [6.07, 6.45) is -4.89. The minimum Gasteiger partial charge on any atom is -0.404 e. The third-order valence-corrected chi connectivity index (χ3v) is 2.57. The van der Waals surface area contributed by atoms with Crippen molar-refractivity contribution in [1.82, 2.24) is 15.9 Å². The van der Waals surface area contributed by atoms with Gasteiger partial charge in [-0.25, -0.2) is 25.4 Å². The fourth-order valence-electron chi connectivity index (χ4n) is 1.69. The minimum absolute atomic E-state index is 0.0416. The summed E-state index contributed by atoms with van der Waals surface area (Å²) in [5.74, 6) is -0.573. The largest absolute Gasteiger partial charge is 0.573 e. The molecule has 4 amide bonds. The lowest BCUT2D eigenvalue weighted by Gasteiger charge is -2.25. The zero-order valence-corrected chi connectivity index (χ0v) is 11.8. The number of hydrazine groups is 1. The van der Waals surface area contributed by atoms with Gasteiger partial charge in [0.05, 0.1) is 17.9 Å². The maximum Gasteiger partial charge on any atom is 0.573 e. The standard InChI is InChI=1S/C12H12F3N5O3/c1-7-6-20(11(22)18-17-7)19-10(21)16-8-4-2-3-5-9(8)23-12(13,14)15/h2-5H,6H2,1H3,(H,18,22)(H2,16,19,21). The molecule has 1 aromatic rings. The molecule has 3 N–H and O–H groups in total. The van der Waals surface area contributed by atoms with Crippen LogP contribution in [0.3, 0.4) is 0 Å². The molecule has 0 radical (unpaired) electrons. The van der Waals surface area contributed by atoms with E-state index in [0.29, 0.717) is 5.71 Å². The molecule has 8 nitrogen and oxygen atoms in total. The van der Waals surface area contributed by atoms with Crippen molar-refractivity contribution in [3.8, 4) is 5.75 Å². The number of hydrogen-bond acceptors (Lipinski definition) is 4. The number of ether oxygens (including phenoxy) is 1. The number of urea groups is 2. The van der Waals surface area contributed by atoms with E-state index in [4.69, 9.17) is 0 Å². The number of benzene rings is 1. The van der Waals surface area contributed by atoms with Crippen LogP contribution in [0.15, 0.2) is 29.4 Å². The van der Waals surface area contributed by atoms with E-state index in [2.05, 4.69) is 26.0 Å². The summed E-state index contributed by atoms with van der Waals surface area (Å²) >= 11 is 0. The van der Waals surface area contributed by atoms with E-state index in [1.807, 2.05) is 0 Å². The van der Waals surface area contributed by atoms with E-state index in [1.165, 1.54) is 18.2 Å². The number of nitrogens with one attached hydrogen (secondary N) is 3. The zero-order valence-electron chi connectivity index (χ0n) is 11.8. The third kappa shape index (κ3) is 4.76. The van der Waals surface area contributed by atoms with E-state index in [-0.39, 0.29) is 12.2 Å². The molecule has 23 heavy (non-hydrogen) atoms. The van der Waals surface area contributed by atoms with Gasteiger partial charge in [0.25, 0.3) is 0 Å². The molecule has 0 bridgehead atoms. The van der Waals surface area contributed by atoms with Gasteiger partial charge in [0.2, 0.25) is 0 Å². The second kappa shape index (κ2) is 6.42. The van der Waals surface area contributed by atoms with Crippen molar-refractivity contribution in [3.63, 3.8) is 0 Å². The fourth-order valence-corrected chi connectivity index (χ4v) is 1.69. The number of nitrogens with zero attached hydrogens (tertiary/aromatic N) is 2. The van der Waals surface area contributed by atoms with Crippen LogP contribution in [-0.2, 0) is 0 Å². The van der Waals surface area contributed by atoms with E-state index in [1.54, 1.807) is 6.92 Å². The predicted molar refractivity (Wildman–Crippen MR) is 73.6 cm³/mol. The molecule has 124 valence electrons. The van der Waals surface area contributed by atoms with Gasteiger partial charge in [-0.1, -0.05) is 12.1 Å². The van der Waals surface area contributed by atoms with Gasteiger partial charge < -0.3 is 10.1 Å². The van der Waals surface area contributed by atoms with Crippen molar-refractivity contribution in [3.05, 3.63) is 24.3 Å². The first-order valence-electron chi connectivity index (χ1n) is 6.28. The van der Waals surface area contributed by atoms with E-state index < -0.39 is 24.2 Å². The Kier molecular flexibility index (Phi) is 4.57. The van der Waals surface area contributed by atoms with Crippen LogP contribution in [-0.4, -0.2) is 35.7 Å². The molecule has 11 heteroatoms. The van der Waals surface area contributed by atoms with E-state index in [9.17, 15) is 22.8 Å². The maximum absolute atomic E-state index is 12.3. The van der Waals surface area contributed by atoms with Gasteiger partial charge in [0.1, 0.15) is 0 Å². The van der Waals surface area contributed by atoms with Crippen LogP contribution in [0.2, 0.25) is 0 Å². The second-order valence-electron chi connectivity index (χ2n) is 4.46. The van der Waals surface area contributed by atoms with Gasteiger partial charge in [-0.05, 0) is 19.1 Å². The molecule has 0 spiro atoms. The molecular formula is C12H12F3N5O3. The normalized spacial score (nSPS) is 14.7. The summed E-state index contributed by atoms with van der Waals surface area (Å²) in [5, 5.41) is 6.77. The van der Waals surface area contributed by atoms with Gasteiger partial charge in [0.15, 0.2) is 5.75 Å². The molecule has 0 saturated heterocycles. The van der Waals surface area contributed by atoms with Crippen molar-refractivity contribution in [1.29, 1.82) is 0 Å². The summed E-state index contributed by atoms with van der Waals surface area (Å²) in [4.78, 5) is 23.3. The summed E-state index contributed by atoms with van der Waals surface area (Å²) in [5.41, 5.74) is 4.67. The average Bonchev–Trinajstić information content (AvgIpc) is 2.43. The van der Waals surface area contributed by atoms with Crippen molar-refractivity contribution in [2.75, 3.05) is 11.9 Å². The Morgan fingerprint density at radius 2 is 2.09 bits per heavy atom. The van der Waals surface area contributed by atoms with Crippen LogP contribution in [0.5, 0.6) is 5.75 Å². The van der Waals surface area contributed by atoms with Gasteiger partial charge >= 0.3 is 18.4 Å².